The third-order valence-electron chi connectivity index (χ3n) is 2.41. The van der Waals surface area contributed by atoms with Crippen LogP contribution in [0.5, 0.6) is 5.75 Å². The van der Waals surface area contributed by atoms with Gasteiger partial charge in [-0.15, -0.1) is 0 Å². The van der Waals surface area contributed by atoms with Crippen molar-refractivity contribution in [2.45, 2.75) is 20.3 Å². The third kappa shape index (κ3) is 5.63. The van der Waals surface area contributed by atoms with Crippen molar-refractivity contribution < 1.29 is 14.6 Å². The van der Waals surface area contributed by atoms with Gasteiger partial charge in [-0.3, -0.25) is 4.79 Å². The Bertz CT molecular complexity index is 377. The van der Waals surface area contributed by atoms with Crippen LogP contribution in [0.1, 0.15) is 17.5 Å². The maximum atomic E-state index is 10.3. The number of hydrogen-bond acceptors (Lipinski definition) is 3. The predicted octanol–water partition coefficient (Wildman–Crippen LogP) is 2.89. The van der Waals surface area contributed by atoms with Crippen molar-refractivity contribution in [1.29, 1.82) is 0 Å². The Labute approximate surface area is 106 Å². The van der Waals surface area contributed by atoms with Crippen molar-refractivity contribution in [1.82, 2.24) is 0 Å². The van der Waals surface area contributed by atoms with Gasteiger partial charge in [0.25, 0.3) is 0 Å². The predicted molar refractivity (Wildman–Crippen MR) is 71.0 cm³/mol. The fraction of sp³-hybridized carbons (Fsp3) is 0.462. The minimum Gasteiger partial charge on any atom is -0.494 e. The zero-order chi connectivity index (χ0) is 12.7. The first-order valence-corrected chi connectivity index (χ1v) is 6.74. The first kappa shape index (κ1) is 13.9. The van der Waals surface area contributed by atoms with Crippen molar-refractivity contribution in [3.63, 3.8) is 0 Å². The number of rotatable bonds is 7. The summed E-state index contributed by atoms with van der Waals surface area (Å²) >= 11 is 1.42. The van der Waals surface area contributed by atoms with Gasteiger partial charge < -0.3 is 9.84 Å². The number of aryl methyl sites for hydroxylation is 2. The van der Waals surface area contributed by atoms with Crippen molar-refractivity contribution in [3.8, 4) is 5.75 Å². The number of thioether (sulfide) groups is 1. The summed E-state index contributed by atoms with van der Waals surface area (Å²) in [5.74, 6) is 1.11. The van der Waals surface area contributed by atoms with E-state index in [1.54, 1.807) is 0 Å². The highest BCUT2D eigenvalue weighted by molar-refractivity contribution is 7.99. The lowest BCUT2D eigenvalue weighted by molar-refractivity contribution is -0.133. The lowest BCUT2D eigenvalue weighted by Gasteiger charge is -2.07. The van der Waals surface area contributed by atoms with Gasteiger partial charge >= 0.3 is 5.97 Å². The minimum atomic E-state index is -0.759. The van der Waals surface area contributed by atoms with E-state index < -0.39 is 5.97 Å². The minimum absolute atomic E-state index is 0.170. The molecule has 0 spiro atoms. The molecular weight excluding hydrogens is 236 g/mol. The van der Waals surface area contributed by atoms with Crippen molar-refractivity contribution >= 4 is 17.7 Å². The van der Waals surface area contributed by atoms with Crippen LogP contribution in [0, 0.1) is 13.8 Å². The molecule has 94 valence electrons. The highest BCUT2D eigenvalue weighted by Crippen LogP contribution is 2.16. The van der Waals surface area contributed by atoms with Gasteiger partial charge in [-0.1, -0.05) is 6.07 Å². The molecule has 0 bridgehead atoms. The van der Waals surface area contributed by atoms with Crippen LogP contribution in [0.4, 0.5) is 0 Å². The van der Waals surface area contributed by atoms with Crippen LogP contribution in [0.15, 0.2) is 18.2 Å². The summed E-state index contributed by atoms with van der Waals surface area (Å²) in [4.78, 5) is 10.3. The summed E-state index contributed by atoms with van der Waals surface area (Å²) in [5, 5.41) is 8.45. The number of carbonyl (C=O) groups is 1. The number of carboxylic acid groups (broad SMARTS) is 1. The van der Waals surface area contributed by atoms with Crippen LogP contribution >= 0.6 is 11.8 Å². The molecule has 0 atom stereocenters. The van der Waals surface area contributed by atoms with Gasteiger partial charge in [-0.05, 0) is 49.3 Å². The molecule has 4 heteroatoms. The molecule has 0 unspecified atom stereocenters. The molecule has 0 heterocycles. The van der Waals surface area contributed by atoms with Crippen LogP contribution in [-0.4, -0.2) is 29.2 Å². The maximum absolute atomic E-state index is 10.3. The fourth-order valence-electron chi connectivity index (χ4n) is 1.31. The number of carboxylic acids is 1. The first-order valence-electron chi connectivity index (χ1n) is 5.59. The van der Waals surface area contributed by atoms with E-state index in [0.29, 0.717) is 6.61 Å². The number of aliphatic carboxylic acids is 1. The Morgan fingerprint density at radius 2 is 2.12 bits per heavy atom. The molecule has 0 radical (unpaired) electrons. The zero-order valence-electron chi connectivity index (χ0n) is 10.2. The molecule has 0 saturated heterocycles. The van der Waals surface area contributed by atoms with Gasteiger partial charge in [0.2, 0.25) is 0 Å². The molecule has 1 rings (SSSR count). The van der Waals surface area contributed by atoms with E-state index in [9.17, 15) is 4.79 Å². The largest absolute Gasteiger partial charge is 0.494 e. The summed E-state index contributed by atoms with van der Waals surface area (Å²) in [5.41, 5.74) is 2.48. The smallest absolute Gasteiger partial charge is 0.313 e. The second kappa shape index (κ2) is 7.22. The van der Waals surface area contributed by atoms with Crippen LogP contribution in [-0.2, 0) is 4.79 Å². The summed E-state index contributed by atoms with van der Waals surface area (Å²) in [6, 6.07) is 6.04. The lowest BCUT2D eigenvalue weighted by Crippen LogP contribution is -2.02. The van der Waals surface area contributed by atoms with E-state index in [0.717, 1.165) is 17.9 Å². The molecule has 1 aromatic rings. The SMILES string of the molecule is Cc1ccc(OCCCSCC(=O)O)cc1C. The maximum Gasteiger partial charge on any atom is 0.313 e. The highest BCUT2D eigenvalue weighted by Gasteiger charge is 1.99. The van der Waals surface area contributed by atoms with Gasteiger partial charge in [0.05, 0.1) is 12.4 Å². The Morgan fingerprint density at radius 1 is 1.35 bits per heavy atom. The van der Waals surface area contributed by atoms with E-state index in [1.807, 2.05) is 18.2 Å². The van der Waals surface area contributed by atoms with Crippen LogP contribution in [0.3, 0.4) is 0 Å². The van der Waals surface area contributed by atoms with Crippen LogP contribution in [0.25, 0.3) is 0 Å². The van der Waals surface area contributed by atoms with E-state index in [1.165, 1.54) is 22.9 Å². The van der Waals surface area contributed by atoms with E-state index in [-0.39, 0.29) is 5.75 Å². The van der Waals surface area contributed by atoms with Gasteiger partial charge in [-0.25, -0.2) is 0 Å². The monoisotopic (exact) mass is 254 g/mol. The molecule has 0 fully saturated rings. The molecule has 0 aliphatic heterocycles. The number of benzene rings is 1. The van der Waals surface area contributed by atoms with Crippen molar-refractivity contribution in [2.24, 2.45) is 0 Å². The quantitative estimate of drug-likeness (QED) is 0.760. The summed E-state index contributed by atoms with van der Waals surface area (Å²) < 4.78 is 5.59. The Hall–Kier alpha value is -1.16. The molecule has 0 aliphatic carbocycles. The van der Waals surface area contributed by atoms with Gasteiger partial charge in [-0.2, -0.15) is 11.8 Å². The first-order chi connectivity index (χ1) is 8.09. The van der Waals surface area contributed by atoms with Crippen molar-refractivity contribution in [2.75, 3.05) is 18.1 Å². The summed E-state index contributed by atoms with van der Waals surface area (Å²) in [7, 11) is 0. The van der Waals surface area contributed by atoms with E-state index in [4.69, 9.17) is 9.84 Å². The Morgan fingerprint density at radius 3 is 2.76 bits per heavy atom. The Balaban J connectivity index is 2.18. The normalized spacial score (nSPS) is 10.2. The zero-order valence-corrected chi connectivity index (χ0v) is 11.0. The molecule has 0 saturated carbocycles. The van der Waals surface area contributed by atoms with Crippen LogP contribution in [0.2, 0.25) is 0 Å². The second-order valence-electron chi connectivity index (χ2n) is 3.89. The molecule has 17 heavy (non-hydrogen) atoms. The number of hydrogen-bond donors (Lipinski definition) is 1. The van der Waals surface area contributed by atoms with E-state index in [2.05, 4.69) is 13.8 Å². The lowest BCUT2D eigenvalue weighted by atomic mass is 10.1. The standard InChI is InChI=1S/C13H18O3S/c1-10-4-5-12(8-11(10)2)16-6-3-7-17-9-13(14)15/h4-5,8H,3,6-7,9H2,1-2H3,(H,14,15). The van der Waals surface area contributed by atoms with Gasteiger partial charge in [0, 0.05) is 0 Å². The topological polar surface area (TPSA) is 46.5 Å². The molecule has 0 aromatic heterocycles. The van der Waals surface area contributed by atoms with Crippen LogP contribution < -0.4 is 4.74 Å². The van der Waals surface area contributed by atoms with Gasteiger partial charge in [0.1, 0.15) is 5.75 Å². The molecular formula is C13H18O3S. The fourth-order valence-corrected chi connectivity index (χ4v) is 1.96. The molecule has 0 amide bonds. The average Bonchev–Trinajstić information content (AvgIpc) is 2.27. The molecule has 3 nitrogen and oxygen atoms in total. The van der Waals surface area contributed by atoms with E-state index >= 15 is 0 Å². The molecule has 0 aliphatic rings. The second-order valence-corrected chi connectivity index (χ2v) is 5.00. The van der Waals surface area contributed by atoms with Crippen molar-refractivity contribution in [3.05, 3.63) is 29.3 Å². The third-order valence-corrected chi connectivity index (χ3v) is 3.43. The van der Waals surface area contributed by atoms with Gasteiger partial charge in [0.15, 0.2) is 0 Å². The summed E-state index contributed by atoms with van der Waals surface area (Å²) in [6.07, 6.45) is 0.866. The summed E-state index contributed by atoms with van der Waals surface area (Å²) in [6.45, 7) is 4.77. The highest BCUT2D eigenvalue weighted by atomic mass is 32.2. The molecule has 1 N–H and O–H groups in total. The number of ether oxygens (including phenoxy) is 1. The molecule has 1 aromatic carbocycles. The Kier molecular flexibility index (Phi) is 5.91. The average molecular weight is 254 g/mol.